The van der Waals surface area contributed by atoms with E-state index < -0.39 is 0 Å². The molecule has 3 heterocycles. The maximum Gasteiger partial charge on any atom is 0.149 e. The van der Waals surface area contributed by atoms with Crippen LogP contribution in [0.1, 0.15) is 0 Å². The summed E-state index contributed by atoms with van der Waals surface area (Å²) in [6.07, 6.45) is 1.81. The predicted molar refractivity (Wildman–Crippen MR) is 182 cm³/mol. The Morgan fingerprint density at radius 1 is 0.600 bits per heavy atom. The van der Waals surface area contributed by atoms with Crippen LogP contribution in [0.3, 0.4) is 0 Å². The smallest absolute Gasteiger partial charge is 0.149 e. The van der Waals surface area contributed by atoms with Gasteiger partial charge in [-0.3, -0.25) is 9.55 Å². The lowest BCUT2D eigenvalue weighted by atomic mass is 9.97. The van der Waals surface area contributed by atoms with Crippen LogP contribution in [0.5, 0.6) is 5.75 Å². The first kappa shape index (κ1) is 25.3. The van der Waals surface area contributed by atoms with E-state index in [-0.39, 0.29) is 5.75 Å². The van der Waals surface area contributed by atoms with Crippen LogP contribution < -0.4 is 0 Å². The average molecular weight is 580 g/mol. The molecule has 0 bridgehead atoms. The Kier molecular flexibility index (Phi) is 5.59. The summed E-state index contributed by atoms with van der Waals surface area (Å²) in [6.45, 7) is 0. The van der Waals surface area contributed by atoms with Crippen molar-refractivity contribution in [1.29, 1.82) is 0 Å². The van der Waals surface area contributed by atoms with Gasteiger partial charge in [0.05, 0.1) is 28.0 Å². The van der Waals surface area contributed by atoms with Gasteiger partial charge in [-0.15, -0.1) is 0 Å². The van der Waals surface area contributed by atoms with Crippen molar-refractivity contribution < 1.29 is 9.52 Å². The van der Waals surface area contributed by atoms with Gasteiger partial charge < -0.3 is 9.52 Å². The summed E-state index contributed by atoms with van der Waals surface area (Å²) in [5.74, 6) is 0.853. The maximum absolute atomic E-state index is 11.0. The van der Waals surface area contributed by atoms with Gasteiger partial charge in [-0.1, -0.05) is 84.9 Å². The fourth-order valence-electron chi connectivity index (χ4n) is 6.52. The lowest BCUT2D eigenvalue weighted by molar-refractivity contribution is 0.477. The van der Waals surface area contributed by atoms with Crippen LogP contribution in [0, 0.1) is 0 Å². The number of hydrogen-bond donors (Lipinski definition) is 1. The van der Waals surface area contributed by atoms with Crippen LogP contribution in [0.25, 0.3) is 83.2 Å². The molecule has 0 saturated heterocycles. The fourth-order valence-corrected chi connectivity index (χ4v) is 6.52. The molecular weight excluding hydrogens is 554 g/mol. The molecule has 6 aromatic carbocycles. The van der Waals surface area contributed by atoms with E-state index in [1.165, 1.54) is 0 Å². The molecule has 0 aliphatic rings. The molecule has 0 spiro atoms. The average Bonchev–Trinajstić information content (AvgIpc) is 3.67. The molecule has 3 aromatic heterocycles. The molecule has 0 aliphatic carbocycles. The van der Waals surface area contributed by atoms with Crippen molar-refractivity contribution in [3.63, 3.8) is 0 Å². The van der Waals surface area contributed by atoms with Crippen LogP contribution in [0.15, 0.2) is 150 Å². The van der Waals surface area contributed by atoms with E-state index in [0.29, 0.717) is 11.4 Å². The van der Waals surface area contributed by atoms with E-state index in [2.05, 4.69) is 83.4 Å². The third kappa shape index (κ3) is 3.95. The Balaban J connectivity index is 1.38. The van der Waals surface area contributed by atoms with Gasteiger partial charge in [-0.2, -0.15) is 0 Å². The Morgan fingerprint density at radius 2 is 1.36 bits per heavy atom. The second-order valence-electron chi connectivity index (χ2n) is 11.2. The number of aromatic nitrogens is 3. The van der Waals surface area contributed by atoms with Gasteiger partial charge in [0.15, 0.2) is 0 Å². The monoisotopic (exact) mass is 579 g/mol. The number of fused-ring (bicyclic) bond motifs is 5. The summed E-state index contributed by atoms with van der Waals surface area (Å²) >= 11 is 0. The van der Waals surface area contributed by atoms with E-state index >= 15 is 0 Å². The summed E-state index contributed by atoms with van der Waals surface area (Å²) in [5, 5.41) is 15.4. The maximum atomic E-state index is 11.0. The molecule has 0 aliphatic heterocycles. The minimum Gasteiger partial charge on any atom is -0.507 e. The minimum atomic E-state index is 0.180. The number of phenols is 1. The summed E-state index contributed by atoms with van der Waals surface area (Å²) < 4.78 is 8.59. The standard InChI is InChI=1S/C40H25N3O2/c44-36-20-5-3-15-30(36)40-42-38-28(16-10-19-35(38)43(40)34-18-9-12-25-11-1-2-13-27(25)34)26-23-31-29-14-4-6-21-37(29)45-39(31)32(24-26)33-17-7-8-22-41-33/h1-24,44H. The van der Waals surface area contributed by atoms with Crippen molar-refractivity contribution in [1.82, 2.24) is 14.5 Å². The van der Waals surface area contributed by atoms with Gasteiger partial charge in [-0.25, -0.2) is 4.98 Å². The molecule has 9 aromatic rings. The molecular formula is C40H25N3O2. The Hall–Kier alpha value is -6.20. The predicted octanol–water partition coefficient (Wildman–Crippen LogP) is 10.2. The molecule has 0 unspecified atom stereocenters. The van der Waals surface area contributed by atoms with Gasteiger partial charge in [0.1, 0.15) is 22.7 Å². The van der Waals surface area contributed by atoms with Crippen molar-refractivity contribution in [2.24, 2.45) is 0 Å². The van der Waals surface area contributed by atoms with Gasteiger partial charge in [0, 0.05) is 33.5 Å². The van der Waals surface area contributed by atoms with E-state index in [1.807, 2.05) is 60.8 Å². The van der Waals surface area contributed by atoms with Gasteiger partial charge in [0.2, 0.25) is 0 Å². The van der Waals surface area contributed by atoms with Gasteiger partial charge in [-0.05, 0) is 65.5 Å². The van der Waals surface area contributed by atoms with Gasteiger partial charge >= 0.3 is 0 Å². The number of para-hydroxylation sites is 3. The highest BCUT2D eigenvalue weighted by atomic mass is 16.3. The van der Waals surface area contributed by atoms with E-state index in [1.54, 1.807) is 6.07 Å². The number of pyridine rings is 1. The van der Waals surface area contributed by atoms with Crippen molar-refractivity contribution in [3.8, 4) is 45.2 Å². The molecule has 0 amide bonds. The highest BCUT2D eigenvalue weighted by Gasteiger charge is 2.22. The number of benzene rings is 6. The van der Waals surface area contributed by atoms with Crippen LogP contribution in [-0.2, 0) is 0 Å². The molecule has 5 heteroatoms. The largest absolute Gasteiger partial charge is 0.507 e. The van der Waals surface area contributed by atoms with E-state index in [4.69, 9.17) is 14.4 Å². The number of imidazole rings is 1. The molecule has 5 nitrogen and oxygen atoms in total. The summed E-state index contributed by atoms with van der Waals surface area (Å²) in [5.41, 5.74) is 8.83. The Bertz CT molecular complexity index is 2560. The highest BCUT2D eigenvalue weighted by molar-refractivity contribution is 6.12. The van der Waals surface area contributed by atoms with E-state index in [9.17, 15) is 5.11 Å². The first-order valence-corrected chi connectivity index (χ1v) is 14.9. The van der Waals surface area contributed by atoms with Crippen molar-refractivity contribution in [2.45, 2.75) is 0 Å². The zero-order chi connectivity index (χ0) is 29.9. The lowest BCUT2D eigenvalue weighted by Gasteiger charge is -2.13. The molecule has 0 fully saturated rings. The third-order valence-electron chi connectivity index (χ3n) is 8.57. The first-order chi connectivity index (χ1) is 22.2. The van der Waals surface area contributed by atoms with Crippen molar-refractivity contribution in [3.05, 3.63) is 146 Å². The second-order valence-corrected chi connectivity index (χ2v) is 11.2. The molecule has 0 radical (unpaired) electrons. The topological polar surface area (TPSA) is 64.1 Å². The molecule has 0 saturated carbocycles. The lowest BCUT2D eigenvalue weighted by Crippen LogP contribution is -1.99. The second kappa shape index (κ2) is 9.93. The van der Waals surface area contributed by atoms with Crippen LogP contribution in [0.4, 0.5) is 0 Å². The summed E-state index contributed by atoms with van der Waals surface area (Å²) in [7, 11) is 0. The van der Waals surface area contributed by atoms with Gasteiger partial charge in [0.25, 0.3) is 0 Å². The molecule has 45 heavy (non-hydrogen) atoms. The quantitative estimate of drug-likeness (QED) is 0.225. The molecule has 1 N–H and O–H groups in total. The van der Waals surface area contributed by atoms with Crippen LogP contribution >= 0.6 is 0 Å². The molecule has 212 valence electrons. The SMILES string of the molecule is Oc1ccccc1-c1nc2c(-c3cc(-c4ccccn4)c4oc5ccccc5c4c3)cccc2n1-c1cccc2ccccc12. The number of aromatic hydroxyl groups is 1. The van der Waals surface area contributed by atoms with Crippen molar-refractivity contribution in [2.75, 3.05) is 0 Å². The number of nitrogens with zero attached hydrogens (tertiary/aromatic N) is 3. The zero-order valence-corrected chi connectivity index (χ0v) is 24.1. The molecule has 9 rings (SSSR count). The number of furan rings is 1. The normalized spacial score (nSPS) is 11.6. The third-order valence-corrected chi connectivity index (χ3v) is 8.57. The number of phenolic OH excluding ortho intramolecular Hbond substituents is 1. The fraction of sp³-hybridized carbons (Fsp3) is 0. The first-order valence-electron chi connectivity index (χ1n) is 14.9. The molecule has 0 atom stereocenters. The summed E-state index contributed by atoms with van der Waals surface area (Å²) in [4.78, 5) is 9.99. The van der Waals surface area contributed by atoms with Crippen LogP contribution in [-0.4, -0.2) is 19.6 Å². The van der Waals surface area contributed by atoms with Crippen LogP contribution in [0.2, 0.25) is 0 Å². The highest BCUT2D eigenvalue weighted by Crippen LogP contribution is 2.42. The van der Waals surface area contributed by atoms with E-state index in [0.717, 1.165) is 71.8 Å². The van der Waals surface area contributed by atoms with Crippen molar-refractivity contribution >= 4 is 43.7 Å². The zero-order valence-electron chi connectivity index (χ0n) is 24.1. The minimum absolute atomic E-state index is 0.180. The Morgan fingerprint density at radius 3 is 2.24 bits per heavy atom. The number of rotatable bonds is 4. The number of hydrogen-bond acceptors (Lipinski definition) is 4. The summed E-state index contributed by atoms with van der Waals surface area (Å²) in [6, 6.07) is 46.7. The Labute approximate surface area is 258 Å².